The van der Waals surface area contributed by atoms with Crippen molar-refractivity contribution in [3.05, 3.63) is 82.6 Å². The molecule has 25 heavy (non-hydrogen) atoms. The molecule has 4 rings (SSSR count). The Morgan fingerprint density at radius 3 is 2.56 bits per heavy atom. The van der Waals surface area contributed by atoms with Gasteiger partial charge >= 0.3 is 0 Å². The van der Waals surface area contributed by atoms with Crippen molar-refractivity contribution >= 4 is 11.6 Å². The van der Waals surface area contributed by atoms with E-state index in [1.54, 1.807) is 12.4 Å². The van der Waals surface area contributed by atoms with Crippen LogP contribution >= 0.6 is 11.6 Å². The molecule has 0 spiro atoms. The van der Waals surface area contributed by atoms with Gasteiger partial charge in [0.15, 0.2) is 5.82 Å². The van der Waals surface area contributed by atoms with Gasteiger partial charge in [0.1, 0.15) is 0 Å². The van der Waals surface area contributed by atoms with E-state index in [2.05, 4.69) is 52.2 Å². The van der Waals surface area contributed by atoms with Crippen molar-refractivity contribution in [1.82, 2.24) is 14.9 Å². The highest BCUT2D eigenvalue weighted by atomic mass is 35.5. The van der Waals surface area contributed by atoms with E-state index in [0.717, 1.165) is 35.9 Å². The maximum atomic E-state index is 6.07. The lowest BCUT2D eigenvalue weighted by molar-refractivity contribution is 0.328. The number of benzene rings is 2. The highest BCUT2D eigenvalue weighted by Gasteiger charge is 2.23. The lowest BCUT2D eigenvalue weighted by Crippen LogP contribution is -2.17. The smallest absolute Gasteiger partial charge is 0.159 e. The fraction of sp³-hybridized carbons (Fsp3) is 0.238. The van der Waals surface area contributed by atoms with Crippen LogP contribution in [0.3, 0.4) is 0 Å². The number of rotatable bonds is 2. The van der Waals surface area contributed by atoms with Crippen molar-refractivity contribution in [2.24, 2.45) is 0 Å². The Morgan fingerprint density at radius 1 is 1.04 bits per heavy atom. The fourth-order valence-corrected chi connectivity index (χ4v) is 3.71. The molecule has 0 saturated carbocycles. The van der Waals surface area contributed by atoms with E-state index in [1.165, 1.54) is 16.7 Å². The van der Waals surface area contributed by atoms with Crippen LogP contribution in [0.2, 0.25) is 5.02 Å². The van der Waals surface area contributed by atoms with Gasteiger partial charge in [-0.3, -0.25) is 0 Å². The second-order valence-electron chi connectivity index (χ2n) is 6.62. The third-order valence-electron chi connectivity index (χ3n) is 4.85. The molecule has 3 nitrogen and oxygen atoms in total. The molecule has 0 saturated heterocycles. The molecule has 1 unspecified atom stereocenters. The second kappa shape index (κ2) is 6.95. The quantitative estimate of drug-likeness (QED) is 0.667. The number of fused-ring (bicyclic) bond motifs is 1. The molecule has 1 aliphatic rings. The zero-order valence-corrected chi connectivity index (χ0v) is 14.9. The monoisotopic (exact) mass is 349 g/mol. The summed E-state index contributed by atoms with van der Waals surface area (Å²) in [5, 5.41) is 0.784. The van der Waals surface area contributed by atoms with E-state index < -0.39 is 0 Å². The summed E-state index contributed by atoms with van der Waals surface area (Å²) in [7, 11) is 2.18. The first-order chi connectivity index (χ1) is 12.2. The van der Waals surface area contributed by atoms with E-state index in [4.69, 9.17) is 11.6 Å². The molecule has 2 aromatic carbocycles. The molecule has 1 aromatic heterocycles. The van der Waals surface area contributed by atoms with Crippen molar-refractivity contribution in [2.75, 3.05) is 13.6 Å². The Kier molecular flexibility index (Phi) is 4.51. The molecule has 4 heteroatoms. The van der Waals surface area contributed by atoms with Crippen LogP contribution in [-0.2, 0) is 6.54 Å². The summed E-state index contributed by atoms with van der Waals surface area (Å²) >= 11 is 6.07. The third kappa shape index (κ3) is 3.44. The summed E-state index contributed by atoms with van der Waals surface area (Å²) in [5.74, 6) is 1.17. The van der Waals surface area contributed by atoms with Crippen LogP contribution in [0.1, 0.15) is 29.0 Å². The minimum Gasteiger partial charge on any atom is -0.302 e. The molecule has 0 amide bonds. The Bertz CT molecular complexity index is 862. The average Bonchev–Trinajstić information content (AvgIpc) is 2.81. The van der Waals surface area contributed by atoms with Crippen LogP contribution in [0.4, 0.5) is 0 Å². The molecule has 1 atom stereocenters. The van der Waals surface area contributed by atoms with Gasteiger partial charge in [0.2, 0.25) is 0 Å². The van der Waals surface area contributed by atoms with Crippen LogP contribution in [0, 0.1) is 0 Å². The van der Waals surface area contributed by atoms with Crippen molar-refractivity contribution in [2.45, 2.75) is 18.9 Å². The molecule has 0 radical (unpaired) electrons. The third-order valence-corrected chi connectivity index (χ3v) is 5.11. The number of halogens is 1. The number of hydrogen-bond donors (Lipinski definition) is 0. The summed E-state index contributed by atoms with van der Waals surface area (Å²) in [6.07, 6.45) is 4.68. The zero-order chi connectivity index (χ0) is 17.2. The van der Waals surface area contributed by atoms with Crippen molar-refractivity contribution < 1.29 is 0 Å². The number of hydrogen-bond acceptors (Lipinski definition) is 3. The van der Waals surface area contributed by atoms with E-state index in [1.807, 2.05) is 18.2 Å². The topological polar surface area (TPSA) is 29.0 Å². The average molecular weight is 350 g/mol. The fourth-order valence-electron chi connectivity index (χ4n) is 3.59. The summed E-state index contributed by atoms with van der Waals surface area (Å²) in [6.45, 7) is 2.01. The van der Waals surface area contributed by atoms with E-state index in [0.29, 0.717) is 5.92 Å². The lowest BCUT2D eigenvalue weighted by Gasteiger charge is -2.18. The Morgan fingerprint density at radius 2 is 1.80 bits per heavy atom. The van der Waals surface area contributed by atoms with Crippen molar-refractivity contribution in [1.29, 1.82) is 0 Å². The largest absolute Gasteiger partial charge is 0.302 e. The molecule has 126 valence electrons. The lowest BCUT2D eigenvalue weighted by atomic mass is 9.86. The standard InChI is InChI=1S/C21H20ClN3/c1-25-12-9-20(15-3-6-18(22)7-4-15)19-8-5-16(13-17(19)14-25)21-23-10-2-11-24-21/h2-8,10-11,13,20H,9,12,14H2,1H3. The zero-order valence-electron chi connectivity index (χ0n) is 14.2. The van der Waals surface area contributed by atoms with Crippen LogP contribution < -0.4 is 0 Å². The number of aromatic nitrogens is 2. The van der Waals surface area contributed by atoms with Gasteiger partial charge in [-0.1, -0.05) is 35.9 Å². The van der Waals surface area contributed by atoms with Gasteiger partial charge in [0.05, 0.1) is 0 Å². The summed E-state index contributed by atoms with van der Waals surface area (Å²) in [4.78, 5) is 11.2. The molecular weight excluding hydrogens is 330 g/mol. The first-order valence-corrected chi connectivity index (χ1v) is 8.93. The molecule has 2 heterocycles. The van der Waals surface area contributed by atoms with Crippen LogP contribution in [0.15, 0.2) is 60.9 Å². The minimum absolute atomic E-state index is 0.392. The van der Waals surface area contributed by atoms with Gasteiger partial charge in [-0.2, -0.15) is 0 Å². The Balaban J connectivity index is 1.78. The van der Waals surface area contributed by atoms with Crippen LogP contribution in [0.5, 0.6) is 0 Å². The maximum Gasteiger partial charge on any atom is 0.159 e. The molecule has 1 aliphatic heterocycles. The highest BCUT2D eigenvalue weighted by Crippen LogP contribution is 2.35. The van der Waals surface area contributed by atoms with E-state index >= 15 is 0 Å². The van der Waals surface area contributed by atoms with Gasteiger partial charge < -0.3 is 4.90 Å². The molecule has 3 aromatic rings. The molecule has 0 aliphatic carbocycles. The van der Waals surface area contributed by atoms with Gasteiger partial charge in [-0.25, -0.2) is 9.97 Å². The molecule has 0 bridgehead atoms. The van der Waals surface area contributed by atoms with Gasteiger partial charge in [-0.05, 0) is 61.0 Å². The van der Waals surface area contributed by atoms with Gasteiger partial charge in [0, 0.05) is 35.4 Å². The van der Waals surface area contributed by atoms with Gasteiger partial charge in [0.25, 0.3) is 0 Å². The first kappa shape index (κ1) is 16.2. The van der Waals surface area contributed by atoms with Gasteiger partial charge in [-0.15, -0.1) is 0 Å². The van der Waals surface area contributed by atoms with Crippen molar-refractivity contribution in [3.8, 4) is 11.4 Å². The Hall–Kier alpha value is -2.23. The summed E-state index contributed by atoms with van der Waals surface area (Å²) in [6, 6.07) is 16.7. The predicted molar refractivity (Wildman–Crippen MR) is 102 cm³/mol. The summed E-state index contributed by atoms with van der Waals surface area (Å²) < 4.78 is 0. The molecule has 0 fully saturated rings. The minimum atomic E-state index is 0.392. The highest BCUT2D eigenvalue weighted by molar-refractivity contribution is 6.30. The van der Waals surface area contributed by atoms with E-state index in [-0.39, 0.29) is 0 Å². The van der Waals surface area contributed by atoms with E-state index in [9.17, 15) is 0 Å². The predicted octanol–water partition coefficient (Wildman–Crippen LogP) is 4.76. The van der Waals surface area contributed by atoms with Crippen LogP contribution in [-0.4, -0.2) is 28.5 Å². The van der Waals surface area contributed by atoms with Crippen LogP contribution in [0.25, 0.3) is 11.4 Å². The Labute approximate surface area is 153 Å². The molecule has 0 N–H and O–H groups in total. The SMILES string of the molecule is CN1CCC(c2ccc(Cl)cc2)c2ccc(-c3ncccn3)cc2C1. The molecular formula is C21H20ClN3. The van der Waals surface area contributed by atoms with Crippen molar-refractivity contribution in [3.63, 3.8) is 0 Å². The maximum absolute atomic E-state index is 6.07. The second-order valence-corrected chi connectivity index (χ2v) is 7.05. The summed E-state index contributed by atoms with van der Waals surface area (Å²) in [5.41, 5.74) is 5.14. The first-order valence-electron chi connectivity index (χ1n) is 8.55. The normalized spacial score (nSPS) is 17.8. The number of nitrogens with zero attached hydrogens (tertiary/aromatic N) is 3.